The van der Waals surface area contributed by atoms with Gasteiger partial charge in [0.2, 0.25) is 0 Å². The van der Waals surface area contributed by atoms with Gasteiger partial charge in [0.25, 0.3) is 0 Å². The average Bonchev–Trinajstić information content (AvgIpc) is 2.36. The fourth-order valence-electron chi connectivity index (χ4n) is 1.83. The SMILES string of the molecule is CC(N)Cc1c(Cl)cccc1Oc1ccc(Br)cc1F. The topological polar surface area (TPSA) is 35.2 Å². The first-order chi connectivity index (χ1) is 9.47. The third kappa shape index (κ3) is 3.72. The summed E-state index contributed by atoms with van der Waals surface area (Å²) in [4.78, 5) is 0. The van der Waals surface area contributed by atoms with E-state index in [1.54, 1.807) is 30.3 Å². The van der Waals surface area contributed by atoms with E-state index in [1.165, 1.54) is 6.07 Å². The van der Waals surface area contributed by atoms with Crippen molar-refractivity contribution in [1.82, 2.24) is 0 Å². The van der Waals surface area contributed by atoms with Gasteiger partial charge in [0.1, 0.15) is 5.75 Å². The minimum Gasteiger partial charge on any atom is -0.454 e. The molecule has 2 rings (SSSR count). The van der Waals surface area contributed by atoms with Crippen molar-refractivity contribution < 1.29 is 9.13 Å². The molecule has 0 aromatic heterocycles. The molecule has 106 valence electrons. The number of rotatable bonds is 4. The first-order valence-corrected chi connectivity index (χ1v) is 7.30. The summed E-state index contributed by atoms with van der Waals surface area (Å²) in [5.74, 6) is 0.239. The summed E-state index contributed by atoms with van der Waals surface area (Å²) in [5, 5.41) is 0.567. The summed E-state index contributed by atoms with van der Waals surface area (Å²) >= 11 is 9.38. The van der Waals surface area contributed by atoms with E-state index in [-0.39, 0.29) is 11.8 Å². The first kappa shape index (κ1) is 15.3. The van der Waals surface area contributed by atoms with Crippen molar-refractivity contribution in [3.8, 4) is 11.5 Å². The molecule has 0 heterocycles. The number of halogens is 3. The Bertz CT molecular complexity index is 619. The molecule has 0 saturated carbocycles. The fraction of sp³-hybridized carbons (Fsp3) is 0.200. The molecule has 0 aliphatic heterocycles. The molecule has 2 N–H and O–H groups in total. The molecule has 0 fully saturated rings. The van der Waals surface area contributed by atoms with Crippen LogP contribution in [0.15, 0.2) is 40.9 Å². The van der Waals surface area contributed by atoms with E-state index < -0.39 is 5.82 Å². The molecule has 0 saturated heterocycles. The van der Waals surface area contributed by atoms with Crippen molar-refractivity contribution in [2.24, 2.45) is 5.73 Å². The Morgan fingerprint density at radius 2 is 2.05 bits per heavy atom. The van der Waals surface area contributed by atoms with Gasteiger partial charge in [0, 0.05) is 21.1 Å². The fourth-order valence-corrected chi connectivity index (χ4v) is 2.41. The second kappa shape index (κ2) is 6.57. The summed E-state index contributed by atoms with van der Waals surface area (Å²) in [7, 11) is 0. The van der Waals surface area contributed by atoms with Gasteiger partial charge in [-0.3, -0.25) is 0 Å². The second-order valence-electron chi connectivity index (χ2n) is 4.57. The van der Waals surface area contributed by atoms with Crippen LogP contribution in [0.5, 0.6) is 11.5 Å². The van der Waals surface area contributed by atoms with Crippen LogP contribution in [0.2, 0.25) is 5.02 Å². The highest BCUT2D eigenvalue weighted by molar-refractivity contribution is 9.10. The van der Waals surface area contributed by atoms with Crippen LogP contribution < -0.4 is 10.5 Å². The largest absolute Gasteiger partial charge is 0.454 e. The smallest absolute Gasteiger partial charge is 0.166 e. The van der Waals surface area contributed by atoms with Gasteiger partial charge < -0.3 is 10.5 Å². The Kier molecular flexibility index (Phi) is 5.02. The highest BCUT2D eigenvalue weighted by Gasteiger charge is 2.13. The number of nitrogens with two attached hydrogens (primary N) is 1. The maximum Gasteiger partial charge on any atom is 0.166 e. The van der Waals surface area contributed by atoms with Gasteiger partial charge in [0.05, 0.1) is 0 Å². The maximum atomic E-state index is 13.8. The van der Waals surface area contributed by atoms with Crippen LogP contribution in [0, 0.1) is 5.82 Å². The van der Waals surface area contributed by atoms with Crippen molar-refractivity contribution in [2.45, 2.75) is 19.4 Å². The number of ether oxygens (including phenoxy) is 1. The van der Waals surface area contributed by atoms with E-state index >= 15 is 0 Å². The summed E-state index contributed by atoms with van der Waals surface area (Å²) < 4.78 is 20.1. The van der Waals surface area contributed by atoms with Crippen molar-refractivity contribution in [1.29, 1.82) is 0 Å². The van der Waals surface area contributed by atoms with E-state index in [9.17, 15) is 4.39 Å². The summed E-state index contributed by atoms with van der Waals surface area (Å²) in [6.45, 7) is 1.88. The summed E-state index contributed by atoms with van der Waals surface area (Å²) in [5.41, 5.74) is 6.59. The molecule has 0 radical (unpaired) electrons. The highest BCUT2D eigenvalue weighted by Crippen LogP contribution is 2.33. The molecule has 2 nitrogen and oxygen atoms in total. The molecular weight excluding hydrogens is 345 g/mol. The van der Waals surface area contributed by atoms with Gasteiger partial charge in [-0.1, -0.05) is 33.6 Å². The summed E-state index contributed by atoms with van der Waals surface area (Å²) in [6.07, 6.45) is 0.563. The van der Waals surface area contributed by atoms with Crippen LogP contribution in [0.3, 0.4) is 0 Å². The standard InChI is InChI=1S/C15H14BrClFNO/c1-9(19)7-11-12(17)3-2-4-14(11)20-15-6-5-10(16)8-13(15)18/h2-6,8-9H,7,19H2,1H3. The Morgan fingerprint density at radius 1 is 1.30 bits per heavy atom. The van der Waals surface area contributed by atoms with Crippen molar-refractivity contribution in [3.05, 3.63) is 57.3 Å². The number of benzene rings is 2. The second-order valence-corrected chi connectivity index (χ2v) is 5.90. The van der Waals surface area contributed by atoms with Crippen molar-refractivity contribution in [3.63, 3.8) is 0 Å². The molecule has 0 aliphatic carbocycles. The van der Waals surface area contributed by atoms with Crippen LogP contribution in [0.4, 0.5) is 4.39 Å². The molecule has 0 aliphatic rings. The minimum absolute atomic E-state index is 0.0629. The van der Waals surface area contributed by atoms with Gasteiger partial charge in [-0.2, -0.15) is 0 Å². The Balaban J connectivity index is 2.35. The van der Waals surface area contributed by atoms with Crippen LogP contribution >= 0.6 is 27.5 Å². The number of hydrogen-bond donors (Lipinski definition) is 1. The normalized spacial score (nSPS) is 12.2. The van der Waals surface area contributed by atoms with E-state index in [0.29, 0.717) is 21.7 Å². The molecule has 0 spiro atoms. The minimum atomic E-state index is -0.439. The monoisotopic (exact) mass is 357 g/mol. The molecule has 2 aromatic rings. The van der Waals surface area contributed by atoms with E-state index in [0.717, 1.165) is 5.56 Å². The van der Waals surface area contributed by atoms with Crippen molar-refractivity contribution >= 4 is 27.5 Å². The maximum absolute atomic E-state index is 13.8. The number of hydrogen-bond acceptors (Lipinski definition) is 2. The van der Waals surface area contributed by atoms with Gasteiger partial charge in [-0.25, -0.2) is 4.39 Å². The predicted octanol–water partition coefficient (Wildman–Crippen LogP) is 4.92. The zero-order valence-electron chi connectivity index (χ0n) is 10.9. The quantitative estimate of drug-likeness (QED) is 0.841. The molecule has 5 heteroatoms. The van der Waals surface area contributed by atoms with E-state index in [2.05, 4.69) is 15.9 Å². The van der Waals surface area contributed by atoms with Gasteiger partial charge in [0.15, 0.2) is 11.6 Å². The van der Waals surface area contributed by atoms with Crippen molar-refractivity contribution in [2.75, 3.05) is 0 Å². The summed E-state index contributed by atoms with van der Waals surface area (Å²) in [6, 6.07) is 9.86. The molecule has 2 aromatic carbocycles. The molecule has 0 bridgehead atoms. The average molecular weight is 359 g/mol. The lowest BCUT2D eigenvalue weighted by Gasteiger charge is -2.14. The lowest BCUT2D eigenvalue weighted by atomic mass is 10.1. The molecular formula is C15H14BrClFNO. The molecule has 20 heavy (non-hydrogen) atoms. The lowest BCUT2D eigenvalue weighted by Crippen LogP contribution is -2.18. The molecule has 0 amide bonds. The Labute approximate surface area is 130 Å². The molecule has 1 unspecified atom stereocenters. The van der Waals surface area contributed by atoms with Gasteiger partial charge >= 0.3 is 0 Å². The van der Waals surface area contributed by atoms with E-state index in [1.807, 2.05) is 6.92 Å². The van der Waals surface area contributed by atoms with Gasteiger partial charge in [-0.15, -0.1) is 0 Å². The van der Waals surface area contributed by atoms with Crippen LogP contribution in [-0.2, 0) is 6.42 Å². The first-order valence-electron chi connectivity index (χ1n) is 6.13. The van der Waals surface area contributed by atoms with Crippen LogP contribution in [-0.4, -0.2) is 6.04 Å². The predicted molar refractivity (Wildman–Crippen MR) is 83.0 cm³/mol. The Hall–Kier alpha value is -1.10. The van der Waals surface area contributed by atoms with Gasteiger partial charge in [-0.05, 0) is 43.7 Å². The third-order valence-corrected chi connectivity index (χ3v) is 3.56. The molecule has 1 atom stereocenters. The third-order valence-electron chi connectivity index (χ3n) is 2.72. The van der Waals surface area contributed by atoms with Crippen LogP contribution in [0.25, 0.3) is 0 Å². The zero-order chi connectivity index (χ0) is 14.7. The lowest BCUT2D eigenvalue weighted by molar-refractivity contribution is 0.436. The zero-order valence-corrected chi connectivity index (χ0v) is 13.2. The highest BCUT2D eigenvalue weighted by atomic mass is 79.9. The van der Waals surface area contributed by atoms with Crippen LogP contribution in [0.1, 0.15) is 12.5 Å². The Morgan fingerprint density at radius 3 is 2.70 bits per heavy atom. The van der Waals surface area contributed by atoms with E-state index in [4.69, 9.17) is 22.1 Å².